The Bertz CT molecular complexity index is 735. The Hall–Kier alpha value is -2.17. The Balaban J connectivity index is 1.67. The fourth-order valence-electron chi connectivity index (χ4n) is 4.25. The van der Waals surface area contributed by atoms with Crippen LogP contribution in [0.4, 0.5) is 5.69 Å². The van der Waals surface area contributed by atoms with Crippen molar-refractivity contribution < 1.29 is 19.1 Å². The van der Waals surface area contributed by atoms with Crippen molar-refractivity contribution in [2.24, 2.45) is 22.7 Å². The van der Waals surface area contributed by atoms with Crippen LogP contribution in [0.5, 0.6) is 0 Å². The molecular weight excluding hydrogens is 330 g/mol. The largest absolute Gasteiger partial charge is 0.462 e. The van der Waals surface area contributed by atoms with E-state index in [1.54, 1.807) is 24.3 Å². The fourth-order valence-corrected chi connectivity index (χ4v) is 4.25. The molecule has 5 nitrogen and oxygen atoms in total. The van der Waals surface area contributed by atoms with Gasteiger partial charge in [-0.25, -0.2) is 4.79 Å². The molecule has 2 bridgehead atoms. The second-order valence-electron chi connectivity index (χ2n) is 8.60. The van der Waals surface area contributed by atoms with Gasteiger partial charge in [0.1, 0.15) is 5.41 Å². The molecule has 0 radical (unpaired) electrons. The van der Waals surface area contributed by atoms with Crippen LogP contribution >= 0.6 is 0 Å². The first-order valence-corrected chi connectivity index (χ1v) is 9.30. The van der Waals surface area contributed by atoms with Crippen molar-refractivity contribution in [2.45, 2.75) is 47.0 Å². The third-order valence-corrected chi connectivity index (χ3v) is 5.92. The summed E-state index contributed by atoms with van der Waals surface area (Å²) in [5.74, 6) is 0.0407. The van der Waals surface area contributed by atoms with Gasteiger partial charge in [0, 0.05) is 11.1 Å². The zero-order valence-electron chi connectivity index (χ0n) is 15.9. The summed E-state index contributed by atoms with van der Waals surface area (Å²) in [7, 11) is 0. The fraction of sp³-hybridized carbons (Fsp3) is 0.571. The Morgan fingerprint density at radius 1 is 1.23 bits per heavy atom. The minimum absolute atomic E-state index is 0.0626. The van der Waals surface area contributed by atoms with Crippen molar-refractivity contribution in [1.29, 1.82) is 0 Å². The van der Waals surface area contributed by atoms with Gasteiger partial charge < -0.3 is 10.1 Å². The summed E-state index contributed by atoms with van der Waals surface area (Å²) < 4.78 is 5.20. The molecule has 1 aromatic rings. The van der Waals surface area contributed by atoms with Crippen LogP contribution in [0.25, 0.3) is 0 Å². The second kappa shape index (κ2) is 6.53. The van der Waals surface area contributed by atoms with E-state index in [0.29, 0.717) is 36.6 Å². The molecule has 0 heterocycles. The number of nitrogens with one attached hydrogen (secondary N) is 1. The number of fused-ring (bicyclic) bond motifs is 2. The number of ketones is 1. The highest BCUT2D eigenvalue weighted by atomic mass is 16.5. The lowest BCUT2D eigenvalue weighted by atomic mass is 9.70. The molecular formula is C21H27NO4. The molecule has 3 rings (SSSR count). The number of hydrogen-bond acceptors (Lipinski definition) is 4. The maximum Gasteiger partial charge on any atom is 0.338 e. The molecule has 140 valence electrons. The van der Waals surface area contributed by atoms with E-state index >= 15 is 0 Å². The third-order valence-electron chi connectivity index (χ3n) is 5.92. The normalized spacial score (nSPS) is 26.2. The molecule has 2 unspecified atom stereocenters. The van der Waals surface area contributed by atoms with E-state index < -0.39 is 10.8 Å². The number of rotatable bonds is 5. The summed E-state index contributed by atoms with van der Waals surface area (Å²) in [6.45, 7) is 8.23. The van der Waals surface area contributed by atoms with Crippen LogP contribution in [0.15, 0.2) is 24.3 Å². The molecule has 2 aliphatic carbocycles. The van der Waals surface area contributed by atoms with Gasteiger partial charge in [-0.1, -0.05) is 27.7 Å². The van der Waals surface area contributed by atoms with Crippen LogP contribution in [-0.4, -0.2) is 24.3 Å². The molecule has 2 aliphatic rings. The number of Topliss-reactive ketones (excluding diaryl/α,β-unsaturated/α-hetero) is 1. The van der Waals surface area contributed by atoms with Gasteiger partial charge in [0.05, 0.1) is 12.2 Å². The molecule has 0 aromatic heterocycles. The number of benzene rings is 1. The van der Waals surface area contributed by atoms with Crippen molar-refractivity contribution in [3.05, 3.63) is 29.8 Å². The lowest BCUT2D eigenvalue weighted by molar-refractivity contribution is -0.142. The molecule has 26 heavy (non-hydrogen) atoms. The van der Waals surface area contributed by atoms with E-state index in [-0.39, 0.29) is 23.6 Å². The maximum atomic E-state index is 12.9. The SMILES string of the molecule is CC(C)COC(=O)c1ccc(NC(=O)C23CCC(C2)C(C)(C)C3=O)cc1. The number of esters is 1. The topological polar surface area (TPSA) is 72.5 Å². The van der Waals surface area contributed by atoms with Crippen LogP contribution in [0.3, 0.4) is 0 Å². The first-order valence-electron chi connectivity index (χ1n) is 9.30. The first-order chi connectivity index (χ1) is 12.2. The van der Waals surface area contributed by atoms with Gasteiger partial charge in [0.15, 0.2) is 5.78 Å². The van der Waals surface area contributed by atoms with Crippen molar-refractivity contribution in [3.8, 4) is 0 Å². The molecule has 1 aromatic carbocycles. The van der Waals surface area contributed by atoms with Crippen LogP contribution in [0.1, 0.15) is 57.3 Å². The molecule has 2 saturated carbocycles. The molecule has 1 amide bonds. The van der Waals surface area contributed by atoms with E-state index in [9.17, 15) is 14.4 Å². The zero-order valence-corrected chi connectivity index (χ0v) is 15.9. The van der Waals surface area contributed by atoms with Crippen molar-refractivity contribution >= 4 is 23.3 Å². The molecule has 2 fully saturated rings. The Kier molecular flexibility index (Phi) is 4.67. The average Bonchev–Trinajstić information content (AvgIpc) is 3.13. The summed E-state index contributed by atoms with van der Waals surface area (Å²) in [4.78, 5) is 37.6. The van der Waals surface area contributed by atoms with Gasteiger partial charge in [-0.3, -0.25) is 9.59 Å². The Morgan fingerprint density at radius 3 is 2.42 bits per heavy atom. The van der Waals surface area contributed by atoms with Gasteiger partial charge in [-0.2, -0.15) is 0 Å². The smallest absolute Gasteiger partial charge is 0.338 e. The number of ether oxygens (including phenoxy) is 1. The molecule has 2 atom stereocenters. The number of carbonyl (C=O) groups is 3. The van der Waals surface area contributed by atoms with Gasteiger partial charge in [-0.15, -0.1) is 0 Å². The standard InChI is InChI=1S/C21H27NO4/c1-13(2)12-26-17(23)14-5-7-16(8-6-14)22-19(25)21-10-9-15(11-21)20(3,4)18(21)24/h5-8,13,15H,9-12H2,1-4H3,(H,22,25). The summed E-state index contributed by atoms with van der Waals surface area (Å²) in [5.41, 5.74) is -0.269. The third kappa shape index (κ3) is 3.04. The van der Waals surface area contributed by atoms with Crippen LogP contribution in [-0.2, 0) is 14.3 Å². The van der Waals surface area contributed by atoms with Crippen LogP contribution in [0, 0.1) is 22.7 Å². The Morgan fingerprint density at radius 2 is 1.88 bits per heavy atom. The van der Waals surface area contributed by atoms with E-state index in [2.05, 4.69) is 5.32 Å². The summed E-state index contributed by atoms with van der Waals surface area (Å²) >= 11 is 0. The van der Waals surface area contributed by atoms with Crippen molar-refractivity contribution in [3.63, 3.8) is 0 Å². The van der Waals surface area contributed by atoms with E-state index in [1.807, 2.05) is 27.7 Å². The number of anilines is 1. The molecule has 1 N–H and O–H groups in total. The monoisotopic (exact) mass is 357 g/mol. The highest BCUT2D eigenvalue weighted by Gasteiger charge is 2.64. The molecule has 0 spiro atoms. The lowest BCUT2D eigenvalue weighted by Crippen LogP contribution is -2.44. The predicted molar refractivity (Wildman–Crippen MR) is 98.8 cm³/mol. The minimum Gasteiger partial charge on any atom is -0.462 e. The quantitative estimate of drug-likeness (QED) is 0.642. The van der Waals surface area contributed by atoms with Crippen LogP contribution in [0.2, 0.25) is 0 Å². The average molecular weight is 357 g/mol. The van der Waals surface area contributed by atoms with Crippen LogP contribution < -0.4 is 5.32 Å². The van der Waals surface area contributed by atoms with Gasteiger partial charge in [0.25, 0.3) is 0 Å². The van der Waals surface area contributed by atoms with E-state index in [1.165, 1.54) is 0 Å². The zero-order chi connectivity index (χ0) is 19.1. The summed E-state index contributed by atoms with van der Waals surface area (Å²) in [5, 5.41) is 2.87. The first kappa shape index (κ1) is 18.6. The highest BCUT2D eigenvalue weighted by molar-refractivity contribution is 6.15. The second-order valence-corrected chi connectivity index (χ2v) is 8.60. The molecule has 0 aliphatic heterocycles. The van der Waals surface area contributed by atoms with E-state index in [4.69, 9.17) is 4.74 Å². The highest BCUT2D eigenvalue weighted by Crippen LogP contribution is 2.60. The predicted octanol–water partition coefficient (Wildman–Crippen LogP) is 3.83. The lowest BCUT2D eigenvalue weighted by Gasteiger charge is -2.32. The van der Waals surface area contributed by atoms with E-state index in [0.717, 1.165) is 6.42 Å². The van der Waals surface area contributed by atoms with Gasteiger partial charge in [0.2, 0.25) is 5.91 Å². The Labute approximate surface area is 154 Å². The summed E-state index contributed by atoms with van der Waals surface area (Å²) in [6, 6.07) is 6.62. The number of amides is 1. The number of hydrogen-bond donors (Lipinski definition) is 1. The minimum atomic E-state index is -0.886. The van der Waals surface area contributed by atoms with Crippen molar-refractivity contribution in [2.75, 3.05) is 11.9 Å². The number of carbonyl (C=O) groups excluding carboxylic acids is 3. The molecule has 0 saturated heterocycles. The summed E-state index contributed by atoms with van der Waals surface area (Å²) in [6.07, 6.45) is 2.20. The maximum absolute atomic E-state index is 12.9. The van der Waals surface area contributed by atoms with Crippen molar-refractivity contribution in [1.82, 2.24) is 0 Å². The van der Waals surface area contributed by atoms with Gasteiger partial charge in [-0.05, 0) is 55.4 Å². The van der Waals surface area contributed by atoms with Gasteiger partial charge >= 0.3 is 5.97 Å². The molecule has 5 heteroatoms.